The minimum absolute atomic E-state index is 0.286. The van der Waals surface area contributed by atoms with E-state index in [4.69, 9.17) is 4.74 Å². The summed E-state index contributed by atoms with van der Waals surface area (Å²) in [5, 5.41) is 6.87. The number of halogens is 1. The average Bonchev–Trinajstić information content (AvgIpc) is 3.13. The smallest absolute Gasteiger partial charge is 0.247 e. The first-order valence-electron chi connectivity index (χ1n) is 12.1. The number of rotatable bonds is 5. The summed E-state index contributed by atoms with van der Waals surface area (Å²) in [7, 11) is 1.85. The number of nitrogens with zero attached hydrogens (tertiary/aromatic N) is 3. The van der Waals surface area contributed by atoms with E-state index in [0.29, 0.717) is 35.2 Å². The molecule has 6 rings (SSSR count). The van der Waals surface area contributed by atoms with Crippen LogP contribution in [-0.4, -0.2) is 20.4 Å². The molecule has 38 heavy (non-hydrogen) atoms. The van der Waals surface area contributed by atoms with Crippen LogP contribution in [0.4, 0.5) is 15.9 Å². The van der Waals surface area contributed by atoms with Crippen LogP contribution in [-0.2, 0) is 18.4 Å². The number of pyridine rings is 2. The number of nitrogens with one attached hydrogen (secondary N) is 2. The maximum atomic E-state index is 15.2. The number of aryl methyl sites for hydroxylation is 2. The molecule has 0 radical (unpaired) electrons. The molecule has 0 aliphatic carbocycles. The van der Waals surface area contributed by atoms with E-state index in [1.165, 1.54) is 12.3 Å². The third-order valence-corrected chi connectivity index (χ3v) is 6.65. The highest BCUT2D eigenvalue weighted by Crippen LogP contribution is 2.47. The fourth-order valence-corrected chi connectivity index (χ4v) is 4.98. The minimum atomic E-state index is -0.399. The van der Waals surface area contributed by atoms with Gasteiger partial charge in [0, 0.05) is 36.6 Å². The normalized spacial score (nSPS) is 11.9. The number of aromatic nitrogens is 3. The molecule has 188 valence electrons. The topological polar surface area (TPSA) is 81.1 Å². The Labute approximate surface area is 218 Å². The monoisotopic (exact) mass is 505 g/mol. The van der Waals surface area contributed by atoms with E-state index in [9.17, 15) is 4.79 Å². The highest BCUT2D eigenvalue weighted by molar-refractivity contribution is 6.11. The van der Waals surface area contributed by atoms with Gasteiger partial charge in [0.05, 0.1) is 22.8 Å². The molecule has 0 spiro atoms. The van der Waals surface area contributed by atoms with Crippen LogP contribution in [0.25, 0.3) is 33.3 Å². The van der Waals surface area contributed by atoms with Gasteiger partial charge in [0.25, 0.3) is 0 Å². The van der Waals surface area contributed by atoms with Crippen molar-refractivity contribution < 1.29 is 13.9 Å². The van der Waals surface area contributed by atoms with E-state index in [1.54, 1.807) is 0 Å². The molecule has 5 aromatic rings. The minimum Gasteiger partial charge on any atom is -0.439 e. The zero-order valence-corrected chi connectivity index (χ0v) is 20.9. The molecule has 0 unspecified atom stereocenters. The van der Waals surface area contributed by atoms with Crippen LogP contribution in [0.15, 0.2) is 79.5 Å². The summed E-state index contributed by atoms with van der Waals surface area (Å²) < 4.78 is 23.1. The lowest BCUT2D eigenvalue weighted by Gasteiger charge is -2.14. The van der Waals surface area contributed by atoms with Gasteiger partial charge in [-0.25, -0.2) is 14.4 Å². The van der Waals surface area contributed by atoms with Gasteiger partial charge in [0.15, 0.2) is 5.82 Å². The first kappa shape index (κ1) is 23.4. The Hall–Kier alpha value is -4.98. The van der Waals surface area contributed by atoms with Crippen molar-refractivity contribution in [2.45, 2.75) is 13.5 Å². The lowest BCUT2D eigenvalue weighted by Crippen LogP contribution is -2.07. The Bertz CT molecular complexity index is 1740. The summed E-state index contributed by atoms with van der Waals surface area (Å²) in [6.45, 7) is 5.90. The summed E-state index contributed by atoms with van der Waals surface area (Å²) in [4.78, 5) is 20.5. The Morgan fingerprint density at radius 1 is 1.18 bits per heavy atom. The van der Waals surface area contributed by atoms with Gasteiger partial charge in [0.1, 0.15) is 11.6 Å². The number of fused-ring (bicyclic) bond motifs is 2. The number of carbonyl (C=O) groups excluding carboxylic acids is 1. The van der Waals surface area contributed by atoms with Crippen molar-refractivity contribution in [3.8, 4) is 34.0 Å². The Morgan fingerprint density at radius 2 is 2.00 bits per heavy atom. The molecule has 1 aliphatic heterocycles. The molecule has 0 atom stereocenters. The lowest BCUT2D eigenvalue weighted by atomic mass is 9.95. The zero-order chi connectivity index (χ0) is 26.4. The molecule has 0 bridgehead atoms. The van der Waals surface area contributed by atoms with E-state index >= 15 is 4.39 Å². The molecule has 0 saturated heterocycles. The fourth-order valence-electron chi connectivity index (χ4n) is 4.98. The third kappa shape index (κ3) is 3.96. The van der Waals surface area contributed by atoms with E-state index in [-0.39, 0.29) is 5.91 Å². The highest BCUT2D eigenvalue weighted by atomic mass is 19.1. The fraction of sp³-hybridized carbons (Fsp3) is 0.100. The maximum absolute atomic E-state index is 15.2. The van der Waals surface area contributed by atoms with Gasteiger partial charge in [-0.1, -0.05) is 30.8 Å². The van der Waals surface area contributed by atoms with Gasteiger partial charge in [-0.05, 0) is 60.0 Å². The quantitative estimate of drug-likeness (QED) is 0.263. The lowest BCUT2D eigenvalue weighted by molar-refractivity contribution is -0.111. The van der Waals surface area contributed by atoms with Gasteiger partial charge in [-0.15, -0.1) is 0 Å². The van der Waals surface area contributed by atoms with E-state index in [0.717, 1.165) is 39.0 Å². The van der Waals surface area contributed by atoms with Crippen molar-refractivity contribution in [1.29, 1.82) is 0 Å². The predicted octanol–water partition coefficient (Wildman–Crippen LogP) is 6.59. The summed E-state index contributed by atoms with van der Waals surface area (Å²) in [5.41, 5.74) is 6.52. The number of ether oxygens (including phenoxy) is 1. The van der Waals surface area contributed by atoms with Crippen molar-refractivity contribution in [3.05, 3.63) is 96.6 Å². The number of hydrogen-bond acceptors (Lipinski definition) is 5. The molecule has 2 aromatic carbocycles. The largest absolute Gasteiger partial charge is 0.439 e. The summed E-state index contributed by atoms with van der Waals surface area (Å²) >= 11 is 0. The second-order valence-electron chi connectivity index (χ2n) is 9.12. The van der Waals surface area contributed by atoms with Gasteiger partial charge in [0.2, 0.25) is 11.8 Å². The number of anilines is 2. The predicted molar refractivity (Wildman–Crippen MR) is 147 cm³/mol. The van der Waals surface area contributed by atoms with Crippen molar-refractivity contribution in [3.63, 3.8) is 0 Å². The molecular formula is C30H24FN5O2. The van der Waals surface area contributed by atoms with E-state index in [2.05, 4.69) is 27.2 Å². The number of carbonyl (C=O) groups is 1. The van der Waals surface area contributed by atoms with Crippen molar-refractivity contribution in [2.24, 2.45) is 7.05 Å². The van der Waals surface area contributed by atoms with Gasteiger partial charge in [-0.3, -0.25) is 4.79 Å². The average molecular weight is 506 g/mol. The number of benzene rings is 2. The van der Waals surface area contributed by atoms with E-state index < -0.39 is 5.82 Å². The summed E-state index contributed by atoms with van der Waals surface area (Å²) in [6, 6.07) is 19.0. The van der Waals surface area contributed by atoms with Gasteiger partial charge >= 0.3 is 0 Å². The van der Waals surface area contributed by atoms with Crippen LogP contribution in [0, 0.1) is 12.7 Å². The summed E-state index contributed by atoms with van der Waals surface area (Å²) in [6.07, 6.45) is 2.47. The molecule has 7 nitrogen and oxygen atoms in total. The molecular weight excluding hydrogens is 481 g/mol. The Kier molecular flexibility index (Phi) is 5.64. The Balaban J connectivity index is 1.51. The van der Waals surface area contributed by atoms with Crippen molar-refractivity contribution in [1.82, 2.24) is 14.5 Å². The molecule has 3 aromatic heterocycles. The van der Waals surface area contributed by atoms with Crippen LogP contribution in [0.1, 0.15) is 11.3 Å². The first-order chi connectivity index (χ1) is 18.4. The second-order valence-corrected chi connectivity index (χ2v) is 9.12. The standard InChI is InChI=1S/C30H24FN5O2/c1-4-24(37)35-20-10-8-18(9-11-20)28-26-22-13-12-21(38-25-7-5-6-17(2)34-25)14-19(22)15-32-30-27(26)29(36(28)3)23(31)16-33-30/h4-14,16H,1,15H2,2-3H3,(H,32,33)(H,35,37). The van der Waals surface area contributed by atoms with Crippen molar-refractivity contribution >= 4 is 28.3 Å². The molecule has 0 fully saturated rings. The van der Waals surface area contributed by atoms with Crippen LogP contribution in [0.3, 0.4) is 0 Å². The Morgan fingerprint density at radius 3 is 2.76 bits per heavy atom. The van der Waals surface area contributed by atoms with Gasteiger partial charge in [-0.2, -0.15) is 0 Å². The molecule has 1 amide bonds. The van der Waals surface area contributed by atoms with E-state index in [1.807, 2.05) is 79.2 Å². The highest BCUT2D eigenvalue weighted by Gasteiger charge is 2.27. The molecule has 2 N–H and O–H groups in total. The SMILES string of the molecule is C=CC(=O)Nc1ccc(-c2c3c4c(ncc(F)c4n2C)NCc2cc(Oc4cccc(C)n4)ccc2-3)cc1. The van der Waals surface area contributed by atoms with Crippen LogP contribution in [0.2, 0.25) is 0 Å². The molecule has 1 aliphatic rings. The van der Waals surface area contributed by atoms with Crippen molar-refractivity contribution in [2.75, 3.05) is 10.6 Å². The molecule has 0 saturated carbocycles. The van der Waals surface area contributed by atoms with Crippen LogP contribution >= 0.6 is 0 Å². The number of amides is 1. The first-order valence-corrected chi connectivity index (χ1v) is 12.1. The molecule has 8 heteroatoms. The zero-order valence-electron chi connectivity index (χ0n) is 20.9. The maximum Gasteiger partial charge on any atom is 0.247 e. The second kappa shape index (κ2) is 9.15. The number of hydrogen-bond donors (Lipinski definition) is 2. The third-order valence-electron chi connectivity index (χ3n) is 6.65. The van der Waals surface area contributed by atoms with Gasteiger partial charge < -0.3 is 19.9 Å². The van der Waals surface area contributed by atoms with Crippen LogP contribution in [0.5, 0.6) is 11.6 Å². The summed E-state index contributed by atoms with van der Waals surface area (Å²) in [5.74, 6) is 1.11. The molecule has 4 heterocycles. The van der Waals surface area contributed by atoms with Crippen LogP contribution < -0.4 is 15.4 Å².